The normalized spacial score (nSPS) is 11.5. The summed E-state index contributed by atoms with van der Waals surface area (Å²) in [5, 5.41) is 7.06. The second kappa shape index (κ2) is 8.66. The SMILES string of the molecule is Cc1noc2nc(-c3ccccc3)cc(C(=O)NCc3cccnc3OCC(F)(F)F)c12. The Morgan fingerprint density at radius 1 is 1.16 bits per heavy atom. The first-order valence-electron chi connectivity index (χ1n) is 9.56. The van der Waals surface area contributed by atoms with Crippen LogP contribution in [0.4, 0.5) is 13.2 Å². The average molecular weight is 442 g/mol. The molecule has 4 aromatic rings. The van der Waals surface area contributed by atoms with Crippen molar-refractivity contribution in [2.45, 2.75) is 19.6 Å². The van der Waals surface area contributed by atoms with Gasteiger partial charge in [-0.25, -0.2) is 9.97 Å². The number of nitrogens with zero attached hydrogens (tertiary/aromatic N) is 3. The van der Waals surface area contributed by atoms with E-state index >= 15 is 0 Å². The lowest BCUT2D eigenvalue weighted by molar-refractivity contribution is -0.154. The molecule has 1 amide bonds. The lowest BCUT2D eigenvalue weighted by atomic mass is 10.1. The Labute approximate surface area is 180 Å². The monoisotopic (exact) mass is 442 g/mol. The standard InChI is InChI=1S/C22H17F3N4O3/c1-13-18-16(10-17(28-21(18)32-29-13)14-6-3-2-4-7-14)19(30)27-11-15-8-5-9-26-20(15)31-12-22(23,24)25/h2-10H,11-12H2,1H3,(H,27,30). The van der Waals surface area contributed by atoms with E-state index in [-0.39, 0.29) is 23.7 Å². The molecule has 0 bridgehead atoms. The zero-order valence-electron chi connectivity index (χ0n) is 16.8. The van der Waals surface area contributed by atoms with Crippen LogP contribution in [0.2, 0.25) is 0 Å². The maximum Gasteiger partial charge on any atom is 0.422 e. The highest BCUT2D eigenvalue weighted by Gasteiger charge is 2.29. The van der Waals surface area contributed by atoms with E-state index in [0.717, 1.165) is 5.56 Å². The molecule has 3 aromatic heterocycles. The highest BCUT2D eigenvalue weighted by molar-refractivity contribution is 6.07. The second-order valence-corrected chi connectivity index (χ2v) is 6.92. The topological polar surface area (TPSA) is 90.1 Å². The molecule has 1 N–H and O–H groups in total. The second-order valence-electron chi connectivity index (χ2n) is 6.92. The van der Waals surface area contributed by atoms with Crippen LogP contribution in [0.15, 0.2) is 59.3 Å². The number of carbonyl (C=O) groups is 1. The number of halogens is 3. The number of amides is 1. The van der Waals surface area contributed by atoms with E-state index in [0.29, 0.717) is 22.3 Å². The van der Waals surface area contributed by atoms with Crippen LogP contribution < -0.4 is 10.1 Å². The van der Waals surface area contributed by atoms with Crippen molar-refractivity contribution >= 4 is 17.0 Å². The number of pyridine rings is 2. The highest BCUT2D eigenvalue weighted by Crippen LogP contribution is 2.27. The Morgan fingerprint density at radius 2 is 1.94 bits per heavy atom. The summed E-state index contributed by atoms with van der Waals surface area (Å²) in [5.41, 5.74) is 2.61. The number of hydrogen-bond acceptors (Lipinski definition) is 6. The van der Waals surface area contributed by atoms with Gasteiger partial charge in [-0.15, -0.1) is 0 Å². The predicted octanol–water partition coefficient (Wildman–Crippen LogP) is 4.46. The van der Waals surface area contributed by atoms with Gasteiger partial charge >= 0.3 is 6.18 Å². The zero-order valence-corrected chi connectivity index (χ0v) is 16.8. The molecule has 10 heteroatoms. The quantitative estimate of drug-likeness (QED) is 0.474. The summed E-state index contributed by atoms with van der Waals surface area (Å²) in [7, 11) is 0. The molecule has 32 heavy (non-hydrogen) atoms. The van der Waals surface area contributed by atoms with Crippen LogP contribution in [0.1, 0.15) is 21.6 Å². The largest absolute Gasteiger partial charge is 0.468 e. The Bertz CT molecular complexity index is 1260. The molecule has 0 saturated carbocycles. The molecule has 0 saturated heterocycles. The van der Waals surface area contributed by atoms with Crippen molar-refractivity contribution in [1.82, 2.24) is 20.4 Å². The van der Waals surface area contributed by atoms with Crippen LogP contribution in [0.3, 0.4) is 0 Å². The van der Waals surface area contributed by atoms with Crippen LogP contribution >= 0.6 is 0 Å². The molecule has 0 atom stereocenters. The molecular weight excluding hydrogens is 425 g/mol. The number of hydrogen-bond donors (Lipinski definition) is 1. The van der Waals surface area contributed by atoms with E-state index in [1.54, 1.807) is 19.1 Å². The number of fused-ring (bicyclic) bond motifs is 1. The summed E-state index contributed by atoms with van der Waals surface area (Å²) in [6.07, 6.45) is -3.18. The molecule has 1 aromatic carbocycles. The molecule has 0 unspecified atom stereocenters. The van der Waals surface area contributed by atoms with E-state index in [1.807, 2.05) is 30.3 Å². The van der Waals surface area contributed by atoms with E-state index in [1.165, 1.54) is 12.3 Å². The molecule has 0 aliphatic carbocycles. The summed E-state index contributed by atoms with van der Waals surface area (Å²) >= 11 is 0. The van der Waals surface area contributed by atoms with Crippen LogP contribution in [-0.4, -0.2) is 33.8 Å². The van der Waals surface area contributed by atoms with Gasteiger partial charge in [0.15, 0.2) is 6.61 Å². The summed E-state index contributed by atoms with van der Waals surface area (Å²) in [6.45, 7) is 0.127. The minimum absolute atomic E-state index is 0.0886. The minimum Gasteiger partial charge on any atom is -0.468 e. The van der Waals surface area contributed by atoms with Gasteiger partial charge in [0.05, 0.1) is 22.3 Å². The Kier molecular flexibility index (Phi) is 5.76. The highest BCUT2D eigenvalue weighted by atomic mass is 19.4. The van der Waals surface area contributed by atoms with Crippen molar-refractivity contribution < 1.29 is 27.2 Å². The van der Waals surface area contributed by atoms with Crippen LogP contribution in [0.25, 0.3) is 22.4 Å². The zero-order chi connectivity index (χ0) is 22.7. The van der Waals surface area contributed by atoms with Gasteiger partial charge < -0.3 is 14.6 Å². The van der Waals surface area contributed by atoms with E-state index < -0.39 is 18.7 Å². The first-order valence-corrected chi connectivity index (χ1v) is 9.56. The molecule has 0 aliphatic heterocycles. The third kappa shape index (κ3) is 4.69. The van der Waals surface area contributed by atoms with Crippen molar-refractivity contribution in [1.29, 1.82) is 0 Å². The lowest BCUT2D eigenvalue weighted by Gasteiger charge is -2.13. The van der Waals surface area contributed by atoms with Gasteiger partial charge in [0, 0.05) is 23.9 Å². The Morgan fingerprint density at radius 3 is 2.69 bits per heavy atom. The summed E-state index contributed by atoms with van der Waals surface area (Å²) in [4.78, 5) is 21.3. The summed E-state index contributed by atoms with van der Waals surface area (Å²) < 4.78 is 47.5. The summed E-state index contributed by atoms with van der Waals surface area (Å²) in [5.74, 6) is -0.664. The van der Waals surface area contributed by atoms with Gasteiger partial charge in [-0.1, -0.05) is 41.6 Å². The van der Waals surface area contributed by atoms with Crippen LogP contribution in [0, 0.1) is 6.92 Å². The molecule has 164 valence electrons. The molecule has 0 aliphatic rings. The Balaban J connectivity index is 1.61. The van der Waals surface area contributed by atoms with Gasteiger partial charge in [-0.2, -0.15) is 13.2 Å². The third-order valence-electron chi connectivity index (χ3n) is 4.59. The molecule has 0 spiro atoms. The molecule has 0 fully saturated rings. The fourth-order valence-corrected chi connectivity index (χ4v) is 3.14. The molecule has 7 nitrogen and oxygen atoms in total. The first kappa shape index (κ1) is 21.3. The number of carbonyl (C=O) groups excluding carboxylic acids is 1. The predicted molar refractivity (Wildman–Crippen MR) is 109 cm³/mol. The summed E-state index contributed by atoms with van der Waals surface area (Å²) in [6, 6.07) is 13.9. The fraction of sp³-hybridized carbons (Fsp3) is 0.182. The van der Waals surface area contributed by atoms with Gasteiger partial charge in [0.2, 0.25) is 5.88 Å². The number of nitrogens with one attached hydrogen (secondary N) is 1. The van der Waals surface area contributed by atoms with Gasteiger partial charge in [0.1, 0.15) is 0 Å². The number of aromatic nitrogens is 3. The molecular formula is C22H17F3N4O3. The molecule has 4 rings (SSSR count). The van der Waals surface area contributed by atoms with E-state index in [2.05, 4.69) is 20.4 Å². The lowest BCUT2D eigenvalue weighted by Crippen LogP contribution is -2.25. The van der Waals surface area contributed by atoms with Gasteiger partial charge in [-0.05, 0) is 19.1 Å². The number of rotatable bonds is 6. The maximum atomic E-state index is 13.0. The average Bonchev–Trinajstić information content (AvgIpc) is 3.17. The van der Waals surface area contributed by atoms with Crippen molar-refractivity contribution in [3.8, 4) is 17.1 Å². The first-order chi connectivity index (χ1) is 15.3. The van der Waals surface area contributed by atoms with E-state index in [9.17, 15) is 18.0 Å². The minimum atomic E-state index is -4.50. The smallest absolute Gasteiger partial charge is 0.422 e. The fourth-order valence-electron chi connectivity index (χ4n) is 3.14. The molecule has 0 radical (unpaired) electrons. The van der Waals surface area contributed by atoms with E-state index in [4.69, 9.17) is 9.26 Å². The van der Waals surface area contributed by atoms with Crippen molar-refractivity contribution in [2.75, 3.05) is 6.61 Å². The number of ether oxygens (including phenoxy) is 1. The maximum absolute atomic E-state index is 13.0. The van der Waals surface area contributed by atoms with Crippen molar-refractivity contribution in [2.24, 2.45) is 0 Å². The van der Waals surface area contributed by atoms with Crippen molar-refractivity contribution in [3.63, 3.8) is 0 Å². The van der Waals surface area contributed by atoms with Gasteiger partial charge in [-0.3, -0.25) is 4.79 Å². The van der Waals surface area contributed by atoms with Gasteiger partial charge in [0.25, 0.3) is 11.6 Å². The number of alkyl halides is 3. The number of aryl methyl sites for hydroxylation is 1. The van der Waals surface area contributed by atoms with Crippen molar-refractivity contribution in [3.05, 3.63) is 71.5 Å². The molecule has 3 heterocycles. The third-order valence-corrected chi connectivity index (χ3v) is 4.59. The Hall–Kier alpha value is -3.95. The van der Waals surface area contributed by atoms with Crippen LogP contribution in [-0.2, 0) is 6.54 Å². The number of benzene rings is 1. The van der Waals surface area contributed by atoms with Crippen LogP contribution in [0.5, 0.6) is 5.88 Å².